The Bertz CT molecular complexity index is 410. The van der Waals surface area contributed by atoms with Gasteiger partial charge in [-0.1, -0.05) is 24.3 Å². The van der Waals surface area contributed by atoms with Gasteiger partial charge in [0.15, 0.2) is 0 Å². The van der Waals surface area contributed by atoms with Crippen LogP contribution in [0.25, 0.3) is 0 Å². The van der Waals surface area contributed by atoms with Crippen LogP contribution in [0.15, 0.2) is 24.3 Å². The van der Waals surface area contributed by atoms with Gasteiger partial charge in [0, 0.05) is 11.1 Å². The van der Waals surface area contributed by atoms with Gasteiger partial charge in [0.1, 0.15) is 0 Å². The van der Waals surface area contributed by atoms with Crippen LogP contribution in [0.5, 0.6) is 0 Å². The summed E-state index contributed by atoms with van der Waals surface area (Å²) in [4.78, 5) is 0. The van der Waals surface area contributed by atoms with E-state index in [1.54, 1.807) is 0 Å². The van der Waals surface area contributed by atoms with Gasteiger partial charge in [0.25, 0.3) is 0 Å². The first-order valence-corrected chi connectivity index (χ1v) is 8.09. The van der Waals surface area contributed by atoms with Gasteiger partial charge in [-0.25, -0.2) is 0 Å². The first-order chi connectivity index (χ1) is 8.14. The van der Waals surface area contributed by atoms with Crippen LogP contribution in [-0.4, -0.2) is 27.1 Å². The third kappa shape index (κ3) is 1.75. The maximum atomic E-state index is 6.01. The van der Waals surface area contributed by atoms with Gasteiger partial charge >= 0.3 is 8.80 Å². The van der Waals surface area contributed by atoms with Gasteiger partial charge < -0.3 is 13.3 Å². The Morgan fingerprint density at radius 1 is 1.06 bits per heavy atom. The number of halogens is 1. The fourth-order valence-corrected chi connectivity index (χ4v) is 5.78. The molecule has 92 valence electrons. The molecule has 0 amide bonds. The van der Waals surface area contributed by atoms with E-state index in [0.29, 0.717) is 5.88 Å². The molecule has 2 bridgehead atoms. The van der Waals surface area contributed by atoms with E-state index in [1.807, 2.05) is 38.1 Å². The van der Waals surface area contributed by atoms with Crippen LogP contribution in [0.1, 0.15) is 19.4 Å². The van der Waals surface area contributed by atoms with Gasteiger partial charge in [-0.3, -0.25) is 0 Å². The van der Waals surface area contributed by atoms with E-state index in [2.05, 4.69) is 0 Å². The van der Waals surface area contributed by atoms with E-state index in [1.165, 1.54) is 0 Å². The molecule has 1 aromatic carbocycles. The van der Waals surface area contributed by atoms with Crippen molar-refractivity contribution in [2.45, 2.75) is 38.0 Å². The average Bonchev–Trinajstić information content (AvgIpc) is 2.84. The molecule has 0 radical (unpaired) electrons. The largest absolute Gasteiger partial charge is 0.538 e. The summed E-state index contributed by atoms with van der Waals surface area (Å²) in [5.41, 5.74) is 1.09. The minimum Gasteiger partial charge on any atom is -0.364 e. The SMILES string of the molecule is CC1O[Si]2(c3ccc(CCl)cc3)OC(C)C1O2. The molecule has 3 rings (SSSR count). The third-order valence-electron chi connectivity index (χ3n) is 3.36. The molecule has 0 spiro atoms. The highest BCUT2D eigenvalue weighted by atomic mass is 35.5. The Morgan fingerprint density at radius 3 is 2.12 bits per heavy atom. The van der Waals surface area contributed by atoms with Crippen LogP contribution >= 0.6 is 11.6 Å². The zero-order valence-electron chi connectivity index (χ0n) is 9.85. The highest BCUT2D eigenvalue weighted by Crippen LogP contribution is 2.36. The molecule has 5 heteroatoms. The van der Waals surface area contributed by atoms with Crippen LogP contribution in [-0.2, 0) is 19.2 Å². The fraction of sp³-hybridized carbons (Fsp3) is 0.500. The van der Waals surface area contributed by atoms with Crippen molar-refractivity contribution in [1.29, 1.82) is 0 Å². The molecule has 17 heavy (non-hydrogen) atoms. The predicted octanol–water partition coefficient (Wildman–Crippen LogP) is 1.79. The van der Waals surface area contributed by atoms with Gasteiger partial charge in [0.2, 0.25) is 0 Å². The molecule has 2 saturated heterocycles. The van der Waals surface area contributed by atoms with E-state index in [-0.39, 0.29) is 18.3 Å². The van der Waals surface area contributed by atoms with Gasteiger partial charge in [-0.15, -0.1) is 11.6 Å². The second-order valence-electron chi connectivity index (χ2n) is 4.62. The molecule has 0 aliphatic carbocycles. The molecule has 2 heterocycles. The molecule has 2 atom stereocenters. The molecule has 0 saturated carbocycles. The zero-order valence-corrected chi connectivity index (χ0v) is 11.6. The van der Waals surface area contributed by atoms with Gasteiger partial charge in [-0.05, 0) is 19.4 Å². The second-order valence-corrected chi connectivity index (χ2v) is 7.28. The van der Waals surface area contributed by atoms with Crippen molar-refractivity contribution in [3.05, 3.63) is 29.8 Å². The molecule has 1 aromatic rings. The monoisotopic (exact) mass is 270 g/mol. The van der Waals surface area contributed by atoms with Crippen LogP contribution < -0.4 is 5.19 Å². The lowest BCUT2D eigenvalue weighted by Crippen LogP contribution is -2.53. The Kier molecular flexibility index (Phi) is 2.80. The van der Waals surface area contributed by atoms with Crippen molar-refractivity contribution in [3.8, 4) is 0 Å². The van der Waals surface area contributed by atoms with Crippen LogP contribution in [0, 0.1) is 0 Å². The molecule has 3 nitrogen and oxygen atoms in total. The number of fused-ring (bicyclic) bond motifs is 2. The summed E-state index contributed by atoms with van der Waals surface area (Å²) in [5.74, 6) is 0.521. The second kappa shape index (κ2) is 4.07. The van der Waals surface area contributed by atoms with Crippen molar-refractivity contribution in [3.63, 3.8) is 0 Å². The van der Waals surface area contributed by atoms with Gasteiger partial charge in [0.05, 0.1) is 18.3 Å². The minimum atomic E-state index is -2.61. The molecule has 2 fully saturated rings. The normalized spacial score (nSPS) is 39.8. The summed E-state index contributed by atoms with van der Waals surface area (Å²) in [6.45, 7) is 4.09. The third-order valence-corrected chi connectivity index (χ3v) is 6.66. The van der Waals surface area contributed by atoms with Crippen molar-refractivity contribution < 1.29 is 13.3 Å². The number of rotatable bonds is 2. The van der Waals surface area contributed by atoms with Crippen molar-refractivity contribution >= 4 is 25.6 Å². The Morgan fingerprint density at radius 2 is 1.65 bits per heavy atom. The predicted molar refractivity (Wildman–Crippen MR) is 67.4 cm³/mol. The summed E-state index contributed by atoms with van der Waals surface area (Å²) in [7, 11) is -2.61. The van der Waals surface area contributed by atoms with E-state index in [4.69, 9.17) is 24.9 Å². The van der Waals surface area contributed by atoms with Crippen LogP contribution in [0.4, 0.5) is 0 Å². The number of hydrogen-bond donors (Lipinski definition) is 0. The topological polar surface area (TPSA) is 27.7 Å². The maximum absolute atomic E-state index is 6.01. The molecular weight excluding hydrogens is 256 g/mol. The van der Waals surface area contributed by atoms with Crippen LogP contribution in [0.2, 0.25) is 0 Å². The highest BCUT2D eigenvalue weighted by Gasteiger charge is 2.62. The minimum absolute atomic E-state index is 0.0781. The summed E-state index contributed by atoms with van der Waals surface area (Å²) < 4.78 is 17.9. The van der Waals surface area contributed by atoms with Gasteiger partial charge in [-0.2, -0.15) is 0 Å². The highest BCUT2D eigenvalue weighted by molar-refractivity contribution is 6.76. The molecule has 0 N–H and O–H groups in total. The molecule has 2 aliphatic heterocycles. The van der Waals surface area contributed by atoms with Crippen molar-refractivity contribution in [2.24, 2.45) is 0 Å². The summed E-state index contributed by atoms with van der Waals surface area (Å²) >= 11 is 5.78. The quantitative estimate of drug-likeness (QED) is 0.606. The van der Waals surface area contributed by atoms with Crippen molar-refractivity contribution in [1.82, 2.24) is 0 Å². The first kappa shape index (κ1) is 11.7. The van der Waals surface area contributed by atoms with E-state index in [0.717, 1.165) is 10.8 Å². The smallest absolute Gasteiger partial charge is 0.364 e. The van der Waals surface area contributed by atoms with Crippen LogP contribution in [0.3, 0.4) is 0 Å². The summed E-state index contributed by atoms with van der Waals surface area (Å²) in [6, 6.07) is 8.02. The Hall–Kier alpha value is -0.393. The first-order valence-electron chi connectivity index (χ1n) is 5.83. The van der Waals surface area contributed by atoms with Crippen molar-refractivity contribution in [2.75, 3.05) is 0 Å². The Labute approximate surface area is 107 Å². The summed E-state index contributed by atoms with van der Waals surface area (Å²) in [6.07, 6.45) is 0.325. The lowest BCUT2D eigenvalue weighted by Gasteiger charge is -2.26. The average molecular weight is 271 g/mol. The molecule has 0 aromatic heterocycles. The van der Waals surface area contributed by atoms with E-state index in [9.17, 15) is 0 Å². The lowest BCUT2D eigenvalue weighted by molar-refractivity contribution is 0.0449. The maximum Gasteiger partial charge on any atom is 0.538 e. The fourth-order valence-electron chi connectivity index (χ4n) is 2.46. The molecular formula is C12H15ClO3Si. The number of alkyl halides is 1. The molecule has 2 unspecified atom stereocenters. The van der Waals surface area contributed by atoms with E-state index < -0.39 is 8.80 Å². The lowest BCUT2D eigenvalue weighted by atomic mass is 10.1. The zero-order chi connectivity index (χ0) is 12.0. The molecule has 2 aliphatic rings. The van der Waals surface area contributed by atoms with E-state index >= 15 is 0 Å². The standard InChI is InChI=1S/C12H15ClO3Si/c1-8-12-9(2)15-17(14-8,16-12)11-5-3-10(7-13)4-6-11/h3-6,8-9,12H,7H2,1-2H3. The summed E-state index contributed by atoms with van der Waals surface area (Å²) in [5, 5.41) is 1.03. The number of hydrogen-bond acceptors (Lipinski definition) is 3. The number of benzene rings is 1. The Balaban J connectivity index is 1.93.